The monoisotopic (exact) mass is 724 g/mol. The summed E-state index contributed by atoms with van der Waals surface area (Å²) in [5.74, 6) is 3.09. The minimum atomic E-state index is -0.265. The maximum absolute atomic E-state index is 13.3. The van der Waals surface area contributed by atoms with Gasteiger partial charge in [0.1, 0.15) is 32.9 Å². The number of rotatable bonds is 14. The molecule has 6 rings (SSSR count). The third-order valence-corrected chi connectivity index (χ3v) is 9.55. The highest BCUT2D eigenvalue weighted by molar-refractivity contribution is 7.13. The van der Waals surface area contributed by atoms with Crippen LogP contribution in [0.3, 0.4) is 0 Å². The second-order valence-corrected chi connectivity index (χ2v) is 12.4. The highest BCUT2D eigenvalue weighted by Crippen LogP contribution is 2.40. The zero-order valence-corrected chi connectivity index (χ0v) is 30.1. The predicted molar refractivity (Wildman–Crippen MR) is 194 cm³/mol. The van der Waals surface area contributed by atoms with E-state index in [1.807, 2.05) is 48.5 Å². The molecule has 0 fully saturated rings. The van der Waals surface area contributed by atoms with Gasteiger partial charge in [0.2, 0.25) is 23.1 Å². The van der Waals surface area contributed by atoms with E-state index < -0.39 is 0 Å². The van der Waals surface area contributed by atoms with E-state index in [4.69, 9.17) is 33.2 Å². The molecule has 0 saturated carbocycles. The number of nitrogens with zero attached hydrogens (tertiary/aromatic N) is 2. The fraction of sp³-hybridized carbons (Fsp3) is 0.158. The first-order valence-electron chi connectivity index (χ1n) is 15.3. The number of carbonyl (C=O) groups excluding carboxylic acids is 2. The molecule has 0 aliphatic rings. The molecule has 11 nitrogen and oxygen atoms in total. The Labute approximate surface area is 301 Å². The third-order valence-electron chi connectivity index (χ3n) is 7.77. The molecule has 2 aromatic heterocycles. The minimum Gasteiger partial charge on any atom is -0.493 e. The maximum Gasteiger partial charge on any atom is 0.212 e. The molecule has 13 heteroatoms. The molecule has 6 aromatic rings. The van der Waals surface area contributed by atoms with E-state index in [-0.39, 0.29) is 11.6 Å². The summed E-state index contributed by atoms with van der Waals surface area (Å²) in [4.78, 5) is 35.8. The van der Waals surface area contributed by atoms with Crippen molar-refractivity contribution in [2.24, 2.45) is 0 Å². The Morgan fingerprint density at radius 1 is 0.490 bits per heavy atom. The van der Waals surface area contributed by atoms with Crippen molar-refractivity contribution < 1.29 is 42.7 Å². The molecule has 2 heterocycles. The zero-order chi connectivity index (χ0) is 36.1. The SMILES string of the molecule is COc1cc(C(=O)c2csc(-c3ccc(Oc4ccc(-c5nc(C(=O)c6cc(OC)c(OC)c(OC)c6)cs5)cc4)cc3)n2)cc(OC)c1OC. The van der Waals surface area contributed by atoms with Crippen molar-refractivity contribution in [2.45, 2.75) is 0 Å². The standard InChI is InChI=1S/C38H32N2O9S2/c1-43-29-15-23(16-30(44-2)35(29)47-5)33(41)27-19-50-37(39-27)21-7-11-25(12-8-21)49-26-13-9-22(10-14-26)38-40-28(20-51-38)34(42)24-17-31(45-3)36(48-6)32(18-24)46-4/h7-20H,1-6H3. The highest BCUT2D eigenvalue weighted by Gasteiger charge is 2.22. The Kier molecular flexibility index (Phi) is 10.5. The summed E-state index contributed by atoms with van der Waals surface area (Å²) >= 11 is 2.73. The fourth-order valence-corrected chi connectivity index (χ4v) is 6.82. The lowest BCUT2D eigenvalue weighted by atomic mass is 10.1. The first kappa shape index (κ1) is 34.9. The molecular formula is C38H32N2O9S2. The van der Waals surface area contributed by atoms with Crippen molar-refractivity contribution in [2.75, 3.05) is 42.7 Å². The Balaban J connectivity index is 1.11. The van der Waals surface area contributed by atoms with Gasteiger partial charge in [-0.15, -0.1) is 22.7 Å². The molecule has 0 saturated heterocycles. The Bertz CT molecular complexity index is 1990. The molecule has 0 atom stereocenters. The van der Waals surface area contributed by atoms with Gasteiger partial charge in [0.25, 0.3) is 0 Å². The molecule has 0 unspecified atom stereocenters. The summed E-state index contributed by atoms with van der Waals surface area (Å²) in [7, 11) is 9.01. The maximum atomic E-state index is 13.3. The molecule has 0 aliphatic carbocycles. The third kappa shape index (κ3) is 7.21. The van der Waals surface area contributed by atoms with Crippen LogP contribution >= 0.6 is 22.7 Å². The minimum absolute atomic E-state index is 0.265. The first-order chi connectivity index (χ1) is 24.8. The van der Waals surface area contributed by atoms with Crippen molar-refractivity contribution in [1.29, 1.82) is 0 Å². The average molecular weight is 725 g/mol. The number of carbonyl (C=O) groups is 2. The Hall–Kier alpha value is -5.92. The van der Waals surface area contributed by atoms with Gasteiger partial charge in [0.15, 0.2) is 23.0 Å². The second-order valence-electron chi connectivity index (χ2n) is 10.7. The molecule has 0 aliphatic heterocycles. The summed E-state index contributed by atoms with van der Waals surface area (Å²) < 4.78 is 38.4. The predicted octanol–water partition coefficient (Wildman–Crippen LogP) is 8.24. The number of ketones is 2. The van der Waals surface area contributed by atoms with Crippen LogP contribution < -0.4 is 33.2 Å². The van der Waals surface area contributed by atoms with Gasteiger partial charge in [-0.05, 0) is 72.8 Å². The molecule has 51 heavy (non-hydrogen) atoms. The van der Waals surface area contributed by atoms with E-state index in [1.165, 1.54) is 65.3 Å². The van der Waals surface area contributed by atoms with Crippen LogP contribution in [0.1, 0.15) is 32.1 Å². The largest absolute Gasteiger partial charge is 0.493 e. The molecule has 0 radical (unpaired) electrons. The second kappa shape index (κ2) is 15.3. The lowest BCUT2D eigenvalue weighted by Crippen LogP contribution is -2.04. The molecule has 4 aromatic carbocycles. The summed E-state index contributed by atoms with van der Waals surface area (Å²) in [6.45, 7) is 0. The van der Waals surface area contributed by atoms with E-state index in [9.17, 15) is 9.59 Å². The summed E-state index contributed by atoms with van der Waals surface area (Å²) in [6.07, 6.45) is 0. The number of thiazole rings is 2. The molecule has 0 amide bonds. The summed E-state index contributed by atoms with van der Waals surface area (Å²) in [5, 5.41) is 4.82. The Morgan fingerprint density at radius 2 is 0.824 bits per heavy atom. The van der Waals surface area contributed by atoms with Crippen molar-refractivity contribution in [3.8, 4) is 67.1 Å². The number of aromatic nitrogens is 2. The van der Waals surface area contributed by atoms with E-state index in [0.717, 1.165) is 11.1 Å². The van der Waals surface area contributed by atoms with Gasteiger partial charge >= 0.3 is 0 Å². The molecule has 260 valence electrons. The molecule has 0 N–H and O–H groups in total. The van der Waals surface area contributed by atoms with Crippen LogP contribution in [0.15, 0.2) is 83.6 Å². The summed E-state index contributed by atoms with van der Waals surface area (Å²) in [5.41, 5.74) is 3.04. The fourth-order valence-electron chi connectivity index (χ4n) is 5.21. The highest BCUT2D eigenvalue weighted by atomic mass is 32.1. The number of benzene rings is 4. The lowest BCUT2D eigenvalue weighted by Gasteiger charge is -2.13. The van der Waals surface area contributed by atoms with Crippen molar-refractivity contribution in [1.82, 2.24) is 9.97 Å². The van der Waals surface area contributed by atoms with Crippen LogP contribution in [-0.2, 0) is 0 Å². The van der Waals surface area contributed by atoms with Gasteiger partial charge in [-0.2, -0.15) is 0 Å². The average Bonchev–Trinajstić information content (AvgIpc) is 3.88. The Morgan fingerprint density at radius 3 is 1.12 bits per heavy atom. The van der Waals surface area contributed by atoms with Gasteiger partial charge in [0.05, 0.1) is 42.7 Å². The lowest BCUT2D eigenvalue weighted by molar-refractivity contribution is 0.102. The van der Waals surface area contributed by atoms with Gasteiger partial charge in [0, 0.05) is 33.0 Å². The van der Waals surface area contributed by atoms with E-state index in [0.29, 0.717) is 78.5 Å². The van der Waals surface area contributed by atoms with Crippen LogP contribution in [0.5, 0.6) is 46.0 Å². The van der Waals surface area contributed by atoms with Crippen molar-refractivity contribution >= 4 is 34.2 Å². The van der Waals surface area contributed by atoms with Crippen molar-refractivity contribution in [3.63, 3.8) is 0 Å². The van der Waals surface area contributed by atoms with Crippen LogP contribution in [0.2, 0.25) is 0 Å². The quantitative estimate of drug-likeness (QED) is 0.101. The normalized spacial score (nSPS) is 10.7. The number of hydrogen-bond acceptors (Lipinski definition) is 13. The van der Waals surface area contributed by atoms with Crippen molar-refractivity contribution in [3.05, 3.63) is 106 Å². The van der Waals surface area contributed by atoms with Crippen LogP contribution in [0.4, 0.5) is 0 Å². The van der Waals surface area contributed by atoms with E-state index in [2.05, 4.69) is 9.97 Å². The van der Waals surface area contributed by atoms with Gasteiger partial charge < -0.3 is 33.2 Å². The van der Waals surface area contributed by atoms with Gasteiger partial charge in [-0.25, -0.2) is 9.97 Å². The summed E-state index contributed by atoms with van der Waals surface area (Å²) in [6, 6.07) is 21.3. The van der Waals surface area contributed by atoms with E-state index in [1.54, 1.807) is 35.0 Å². The van der Waals surface area contributed by atoms with Crippen LogP contribution in [0.25, 0.3) is 21.1 Å². The number of methoxy groups -OCH3 is 6. The van der Waals surface area contributed by atoms with Gasteiger partial charge in [-0.3, -0.25) is 9.59 Å². The first-order valence-corrected chi connectivity index (χ1v) is 17.1. The molecule has 0 bridgehead atoms. The topological polar surface area (TPSA) is 125 Å². The number of hydrogen-bond donors (Lipinski definition) is 0. The van der Waals surface area contributed by atoms with Crippen LogP contribution in [-0.4, -0.2) is 64.2 Å². The van der Waals surface area contributed by atoms with E-state index >= 15 is 0 Å². The molecular weight excluding hydrogens is 693 g/mol. The zero-order valence-electron chi connectivity index (χ0n) is 28.5. The smallest absolute Gasteiger partial charge is 0.212 e. The number of ether oxygens (including phenoxy) is 7. The van der Waals surface area contributed by atoms with Gasteiger partial charge in [-0.1, -0.05) is 0 Å². The van der Waals surface area contributed by atoms with Crippen LogP contribution in [0, 0.1) is 0 Å². The molecule has 0 spiro atoms.